The highest BCUT2D eigenvalue weighted by Gasteiger charge is 2.17. The van der Waals surface area contributed by atoms with Crippen molar-refractivity contribution in [2.75, 3.05) is 13.7 Å². The lowest BCUT2D eigenvalue weighted by Crippen LogP contribution is -2.13. The summed E-state index contributed by atoms with van der Waals surface area (Å²) in [6.45, 7) is 6.03. The smallest absolute Gasteiger partial charge is 0.341 e. The normalized spacial score (nSPS) is 12.2. The molecule has 0 aromatic carbocycles. The number of rotatable bonds is 6. The summed E-state index contributed by atoms with van der Waals surface area (Å²) in [5.74, 6) is 0.228. The molecule has 1 atom stereocenters. The molecule has 0 aliphatic heterocycles. The summed E-state index contributed by atoms with van der Waals surface area (Å²) in [7, 11) is 1.60. The molecule has 1 aromatic heterocycles. The largest absolute Gasteiger partial charge is 0.462 e. The van der Waals surface area contributed by atoms with E-state index in [-0.39, 0.29) is 12.1 Å². The first kappa shape index (κ1) is 14.6. The van der Waals surface area contributed by atoms with Gasteiger partial charge in [0, 0.05) is 13.3 Å². The van der Waals surface area contributed by atoms with E-state index in [4.69, 9.17) is 9.47 Å². The average molecular weight is 252 g/mol. The maximum Gasteiger partial charge on any atom is 0.341 e. The van der Waals surface area contributed by atoms with E-state index in [0.29, 0.717) is 18.0 Å². The minimum Gasteiger partial charge on any atom is -0.462 e. The first-order valence-electron chi connectivity index (χ1n) is 6.19. The second-order valence-electron chi connectivity index (χ2n) is 3.94. The molecule has 0 aliphatic carbocycles. The molecule has 0 radical (unpaired) electrons. The standard InChI is InChI=1S/C13H20N2O3/c1-5-7-11-10(13(16)18-6-2)8-14-12(15-11)9(3)17-4/h8-9H,5-7H2,1-4H3. The number of carbonyl (C=O) groups is 1. The van der Waals surface area contributed by atoms with E-state index in [1.807, 2.05) is 13.8 Å². The summed E-state index contributed by atoms with van der Waals surface area (Å²) in [5.41, 5.74) is 1.18. The van der Waals surface area contributed by atoms with Crippen molar-refractivity contribution in [2.24, 2.45) is 0 Å². The van der Waals surface area contributed by atoms with Crippen molar-refractivity contribution >= 4 is 5.97 Å². The number of carbonyl (C=O) groups excluding carboxylic acids is 1. The molecule has 5 heteroatoms. The molecule has 1 unspecified atom stereocenters. The van der Waals surface area contributed by atoms with E-state index >= 15 is 0 Å². The van der Waals surface area contributed by atoms with Crippen LogP contribution < -0.4 is 0 Å². The summed E-state index contributed by atoms with van der Waals surface area (Å²) >= 11 is 0. The zero-order valence-corrected chi connectivity index (χ0v) is 11.4. The van der Waals surface area contributed by atoms with Gasteiger partial charge in [0.1, 0.15) is 6.10 Å². The van der Waals surface area contributed by atoms with Crippen LogP contribution in [0, 0.1) is 0 Å². The molecule has 1 rings (SSSR count). The van der Waals surface area contributed by atoms with E-state index in [9.17, 15) is 4.79 Å². The lowest BCUT2D eigenvalue weighted by Gasteiger charge is -2.12. The Morgan fingerprint density at radius 2 is 2.17 bits per heavy atom. The quantitative estimate of drug-likeness (QED) is 0.727. The van der Waals surface area contributed by atoms with Gasteiger partial charge in [-0.2, -0.15) is 0 Å². The van der Waals surface area contributed by atoms with E-state index in [1.54, 1.807) is 14.0 Å². The minimum atomic E-state index is -0.363. The van der Waals surface area contributed by atoms with Crippen molar-refractivity contribution < 1.29 is 14.3 Å². The predicted octanol–water partition coefficient (Wildman–Crippen LogP) is 2.31. The van der Waals surface area contributed by atoms with Gasteiger partial charge in [0.05, 0.1) is 17.9 Å². The molecule has 5 nitrogen and oxygen atoms in total. The van der Waals surface area contributed by atoms with Gasteiger partial charge in [-0.3, -0.25) is 0 Å². The van der Waals surface area contributed by atoms with Gasteiger partial charge < -0.3 is 9.47 Å². The van der Waals surface area contributed by atoms with Gasteiger partial charge in [-0.1, -0.05) is 13.3 Å². The third-order valence-corrected chi connectivity index (χ3v) is 2.59. The van der Waals surface area contributed by atoms with Crippen LogP contribution in [-0.4, -0.2) is 29.7 Å². The number of methoxy groups -OCH3 is 1. The maximum absolute atomic E-state index is 11.8. The highest BCUT2D eigenvalue weighted by molar-refractivity contribution is 5.90. The fourth-order valence-corrected chi connectivity index (χ4v) is 1.54. The minimum absolute atomic E-state index is 0.183. The Kier molecular flexibility index (Phi) is 5.71. The lowest BCUT2D eigenvalue weighted by atomic mass is 10.1. The van der Waals surface area contributed by atoms with Crippen LogP contribution in [0.1, 0.15) is 55.2 Å². The second-order valence-corrected chi connectivity index (χ2v) is 3.94. The van der Waals surface area contributed by atoms with Gasteiger partial charge in [-0.15, -0.1) is 0 Å². The highest BCUT2D eigenvalue weighted by Crippen LogP contribution is 2.15. The molecule has 0 spiro atoms. The van der Waals surface area contributed by atoms with Crippen LogP contribution in [0.25, 0.3) is 0 Å². The second kappa shape index (κ2) is 7.06. The Morgan fingerprint density at radius 1 is 1.44 bits per heavy atom. The van der Waals surface area contributed by atoms with E-state index < -0.39 is 0 Å². The maximum atomic E-state index is 11.8. The number of esters is 1. The summed E-state index contributed by atoms with van der Waals surface area (Å²) in [6, 6.07) is 0. The molecule has 100 valence electrons. The molecule has 1 aromatic rings. The number of nitrogens with zero attached hydrogens (tertiary/aromatic N) is 2. The fourth-order valence-electron chi connectivity index (χ4n) is 1.54. The number of aromatic nitrogens is 2. The van der Waals surface area contributed by atoms with Crippen molar-refractivity contribution in [3.05, 3.63) is 23.3 Å². The van der Waals surface area contributed by atoms with Crippen LogP contribution in [0.15, 0.2) is 6.20 Å². The van der Waals surface area contributed by atoms with Crippen molar-refractivity contribution in [3.8, 4) is 0 Å². The van der Waals surface area contributed by atoms with Crippen LogP contribution in [0.5, 0.6) is 0 Å². The number of aryl methyl sites for hydroxylation is 1. The van der Waals surface area contributed by atoms with Gasteiger partial charge in [-0.25, -0.2) is 14.8 Å². The third kappa shape index (κ3) is 3.50. The molecule has 0 N–H and O–H groups in total. The van der Waals surface area contributed by atoms with Gasteiger partial charge in [0.2, 0.25) is 0 Å². The van der Waals surface area contributed by atoms with Gasteiger partial charge >= 0.3 is 5.97 Å². The van der Waals surface area contributed by atoms with Crippen molar-refractivity contribution in [1.82, 2.24) is 9.97 Å². The molecule has 1 heterocycles. The van der Waals surface area contributed by atoms with Gasteiger partial charge in [0.15, 0.2) is 5.82 Å². The van der Waals surface area contributed by atoms with Crippen LogP contribution in [-0.2, 0) is 15.9 Å². The topological polar surface area (TPSA) is 61.3 Å². The van der Waals surface area contributed by atoms with Gasteiger partial charge in [0.25, 0.3) is 0 Å². The molecular weight excluding hydrogens is 232 g/mol. The Labute approximate surface area is 108 Å². The molecule has 18 heavy (non-hydrogen) atoms. The Morgan fingerprint density at radius 3 is 2.72 bits per heavy atom. The van der Waals surface area contributed by atoms with E-state index in [0.717, 1.165) is 18.5 Å². The molecule has 0 saturated heterocycles. The van der Waals surface area contributed by atoms with Crippen molar-refractivity contribution in [2.45, 2.75) is 39.7 Å². The number of hydrogen-bond donors (Lipinski definition) is 0. The van der Waals surface area contributed by atoms with Crippen LogP contribution in [0.3, 0.4) is 0 Å². The monoisotopic (exact) mass is 252 g/mol. The Balaban J connectivity index is 3.07. The SMILES string of the molecule is CCCc1nc(C(C)OC)ncc1C(=O)OCC. The predicted molar refractivity (Wildman–Crippen MR) is 67.4 cm³/mol. The molecule has 0 fully saturated rings. The van der Waals surface area contributed by atoms with Crippen molar-refractivity contribution in [1.29, 1.82) is 0 Å². The van der Waals surface area contributed by atoms with Crippen molar-refractivity contribution in [3.63, 3.8) is 0 Å². The Hall–Kier alpha value is -1.49. The molecular formula is C13H20N2O3. The molecule has 0 amide bonds. The molecule has 0 bridgehead atoms. The lowest BCUT2D eigenvalue weighted by molar-refractivity contribution is 0.0523. The number of ether oxygens (including phenoxy) is 2. The van der Waals surface area contributed by atoms with Gasteiger partial charge in [-0.05, 0) is 20.3 Å². The highest BCUT2D eigenvalue weighted by atomic mass is 16.5. The average Bonchev–Trinajstić information content (AvgIpc) is 2.38. The zero-order chi connectivity index (χ0) is 13.5. The number of hydrogen-bond acceptors (Lipinski definition) is 5. The van der Waals surface area contributed by atoms with Crippen LogP contribution in [0.4, 0.5) is 0 Å². The summed E-state index contributed by atoms with van der Waals surface area (Å²) in [6.07, 6.45) is 2.97. The third-order valence-electron chi connectivity index (χ3n) is 2.59. The Bertz CT molecular complexity index is 407. The molecule has 0 aliphatic rings. The van der Waals surface area contributed by atoms with Crippen LogP contribution in [0.2, 0.25) is 0 Å². The first-order chi connectivity index (χ1) is 8.63. The summed E-state index contributed by atoms with van der Waals surface area (Å²) in [4.78, 5) is 20.3. The summed E-state index contributed by atoms with van der Waals surface area (Å²) in [5, 5.41) is 0. The van der Waals surface area contributed by atoms with E-state index in [1.165, 1.54) is 6.20 Å². The van der Waals surface area contributed by atoms with E-state index in [2.05, 4.69) is 9.97 Å². The van der Waals surface area contributed by atoms with Crippen LogP contribution >= 0.6 is 0 Å². The first-order valence-corrected chi connectivity index (χ1v) is 6.19. The summed E-state index contributed by atoms with van der Waals surface area (Å²) < 4.78 is 10.2. The zero-order valence-electron chi connectivity index (χ0n) is 11.4. The molecule has 0 saturated carbocycles. The fraction of sp³-hybridized carbons (Fsp3) is 0.615.